The zero-order valence-corrected chi connectivity index (χ0v) is 14.2. The Bertz CT molecular complexity index is 803. The number of ether oxygens (including phenoxy) is 1. The van der Waals surface area contributed by atoms with Gasteiger partial charge in [0.2, 0.25) is 5.78 Å². The van der Waals surface area contributed by atoms with Gasteiger partial charge in [-0.2, -0.15) is 0 Å². The van der Waals surface area contributed by atoms with Crippen LogP contribution in [0.25, 0.3) is 0 Å². The highest BCUT2D eigenvalue weighted by molar-refractivity contribution is 7.10. The summed E-state index contributed by atoms with van der Waals surface area (Å²) in [6.45, 7) is 1.02. The second-order valence-corrected chi connectivity index (χ2v) is 7.06. The molecule has 2 atom stereocenters. The van der Waals surface area contributed by atoms with E-state index < -0.39 is 23.5 Å². The lowest BCUT2D eigenvalue weighted by molar-refractivity contribution is -0.130. The van der Waals surface area contributed by atoms with Gasteiger partial charge in [-0.15, -0.1) is 11.3 Å². The fraction of sp³-hybridized carbons (Fsp3) is 0.333. The maximum Gasteiger partial charge on any atom is 0.290 e. The van der Waals surface area contributed by atoms with Gasteiger partial charge in [0.1, 0.15) is 0 Å². The number of thiophene rings is 1. The topological polar surface area (TPSA) is 80.0 Å². The number of nitrogens with zero attached hydrogens (tertiary/aromatic N) is 1. The third-order valence-electron chi connectivity index (χ3n) is 4.53. The van der Waals surface area contributed by atoms with E-state index in [1.165, 1.54) is 28.6 Å². The second-order valence-electron chi connectivity index (χ2n) is 6.08. The van der Waals surface area contributed by atoms with Gasteiger partial charge in [-0.25, -0.2) is 0 Å². The molecule has 6 nitrogen and oxygen atoms in total. The number of ketones is 1. The Morgan fingerprint density at radius 1 is 1.36 bits per heavy atom. The Labute approximate surface area is 148 Å². The number of aliphatic hydroxyl groups is 1. The minimum atomic E-state index is -0.616. The molecule has 0 aliphatic carbocycles. The highest BCUT2D eigenvalue weighted by Crippen LogP contribution is 2.41. The van der Waals surface area contributed by atoms with Crippen molar-refractivity contribution < 1.29 is 23.8 Å². The van der Waals surface area contributed by atoms with Crippen molar-refractivity contribution in [3.63, 3.8) is 0 Å². The zero-order chi connectivity index (χ0) is 17.4. The van der Waals surface area contributed by atoms with Gasteiger partial charge < -0.3 is 19.2 Å². The first-order valence-electron chi connectivity index (χ1n) is 8.14. The van der Waals surface area contributed by atoms with Gasteiger partial charge >= 0.3 is 0 Å². The molecule has 0 spiro atoms. The van der Waals surface area contributed by atoms with Crippen molar-refractivity contribution in [3.8, 4) is 0 Å². The summed E-state index contributed by atoms with van der Waals surface area (Å²) in [4.78, 5) is 27.9. The molecule has 0 bridgehead atoms. The van der Waals surface area contributed by atoms with Crippen LogP contribution in [-0.4, -0.2) is 41.0 Å². The Morgan fingerprint density at radius 2 is 2.24 bits per heavy atom. The van der Waals surface area contributed by atoms with Gasteiger partial charge in [0.05, 0.1) is 24.0 Å². The van der Waals surface area contributed by atoms with Gasteiger partial charge in [0.25, 0.3) is 5.91 Å². The van der Waals surface area contributed by atoms with E-state index in [0.717, 1.165) is 17.7 Å². The standard InChI is InChI=1S/C18H17NO5S/c20-16(12-5-2-8-24-12)14-15(13-6-3-9-25-13)19(18(22)17(14)21)10-11-4-1-7-23-11/h2-3,5-6,8-9,11,15,21H,1,4,7,10H2/t11-,15-/m1/s1. The van der Waals surface area contributed by atoms with Crippen LogP contribution in [-0.2, 0) is 9.53 Å². The minimum Gasteiger partial charge on any atom is -0.503 e. The van der Waals surface area contributed by atoms with Crippen molar-refractivity contribution >= 4 is 23.0 Å². The highest BCUT2D eigenvalue weighted by Gasteiger charge is 2.45. The SMILES string of the molecule is O=C(C1=C(O)C(=O)N(C[C@H]2CCCO2)[C@@H]1c1cccs1)c1ccco1. The van der Waals surface area contributed by atoms with Crippen LogP contribution in [0.3, 0.4) is 0 Å². The number of hydrogen-bond acceptors (Lipinski definition) is 6. The molecule has 0 saturated carbocycles. The molecular weight excluding hydrogens is 342 g/mol. The Kier molecular flexibility index (Phi) is 4.19. The number of carbonyl (C=O) groups excluding carboxylic acids is 2. The number of carbonyl (C=O) groups is 2. The van der Waals surface area contributed by atoms with Crippen LogP contribution in [0.15, 0.2) is 51.7 Å². The molecular formula is C18H17NO5S. The Morgan fingerprint density at radius 3 is 2.88 bits per heavy atom. The molecule has 2 aliphatic heterocycles. The van der Waals surface area contributed by atoms with Crippen LogP contribution < -0.4 is 0 Å². The van der Waals surface area contributed by atoms with Crippen LogP contribution in [0.1, 0.15) is 34.3 Å². The average Bonchev–Trinajstić information content (AvgIpc) is 3.39. The number of amides is 1. The van der Waals surface area contributed by atoms with Crippen LogP contribution in [0, 0.1) is 0 Å². The first-order valence-corrected chi connectivity index (χ1v) is 9.02. The van der Waals surface area contributed by atoms with E-state index in [4.69, 9.17) is 9.15 Å². The summed E-state index contributed by atoms with van der Waals surface area (Å²) < 4.78 is 10.8. The van der Waals surface area contributed by atoms with Crippen LogP contribution in [0.2, 0.25) is 0 Å². The molecule has 4 heterocycles. The van der Waals surface area contributed by atoms with E-state index >= 15 is 0 Å². The molecule has 2 aromatic heterocycles. The molecule has 1 saturated heterocycles. The maximum atomic E-state index is 12.8. The molecule has 1 fully saturated rings. The minimum absolute atomic E-state index is 0.0698. The normalized spacial score (nSPS) is 23.7. The largest absolute Gasteiger partial charge is 0.503 e. The summed E-state index contributed by atoms with van der Waals surface area (Å²) in [7, 11) is 0. The molecule has 0 aromatic carbocycles. The van der Waals surface area contributed by atoms with Gasteiger partial charge in [-0.1, -0.05) is 6.07 Å². The summed E-state index contributed by atoms with van der Waals surface area (Å²) in [6, 6.07) is 6.24. The molecule has 25 heavy (non-hydrogen) atoms. The zero-order valence-electron chi connectivity index (χ0n) is 13.4. The average molecular weight is 359 g/mol. The fourth-order valence-electron chi connectivity index (χ4n) is 3.36. The van der Waals surface area contributed by atoms with Crippen molar-refractivity contribution in [2.24, 2.45) is 0 Å². The highest BCUT2D eigenvalue weighted by atomic mass is 32.1. The number of hydrogen-bond donors (Lipinski definition) is 1. The van der Waals surface area contributed by atoms with Gasteiger partial charge in [0.15, 0.2) is 11.5 Å². The molecule has 7 heteroatoms. The van der Waals surface area contributed by atoms with E-state index in [0.29, 0.717) is 13.2 Å². The lowest BCUT2D eigenvalue weighted by atomic mass is 10.00. The summed E-state index contributed by atoms with van der Waals surface area (Å²) in [5.41, 5.74) is 0.0698. The maximum absolute atomic E-state index is 12.8. The van der Waals surface area contributed by atoms with Crippen molar-refractivity contribution in [1.82, 2.24) is 4.90 Å². The van der Waals surface area contributed by atoms with E-state index in [1.54, 1.807) is 6.07 Å². The lowest BCUT2D eigenvalue weighted by Gasteiger charge is -2.27. The number of furan rings is 1. The van der Waals surface area contributed by atoms with Crippen molar-refractivity contribution in [2.75, 3.05) is 13.2 Å². The third-order valence-corrected chi connectivity index (χ3v) is 5.45. The smallest absolute Gasteiger partial charge is 0.290 e. The third kappa shape index (κ3) is 2.79. The van der Waals surface area contributed by atoms with Gasteiger partial charge in [0, 0.05) is 18.0 Å². The molecule has 0 radical (unpaired) electrons. The molecule has 2 aliphatic rings. The molecule has 4 rings (SSSR count). The number of aliphatic hydroxyl groups excluding tert-OH is 1. The summed E-state index contributed by atoms with van der Waals surface area (Å²) >= 11 is 1.44. The van der Waals surface area contributed by atoms with Gasteiger partial charge in [-0.3, -0.25) is 9.59 Å². The van der Waals surface area contributed by atoms with Crippen LogP contribution >= 0.6 is 11.3 Å². The molecule has 1 amide bonds. The van der Waals surface area contributed by atoms with E-state index in [9.17, 15) is 14.7 Å². The number of Topliss-reactive ketones (excluding diaryl/α,β-unsaturated/α-hetero) is 1. The first kappa shape index (κ1) is 16.1. The lowest BCUT2D eigenvalue weighted by Crippen LogP contribution is -2.37. The summed E-state index contributed by atoms with van der Waals surface area (Å²) in [5.74, 6) is -1.40. The predicted octanol–water partition coefficient (Wildman–Crippen LogP) is 3.10. The van der Waals surface area contributed by atoms with Crippen LogP contribution in [0.5, 0.6) is 0 Å². The van der Waals surface area contributed by atoms with Crippen molar-refractivity contribution in [1.29, 1.82) is 0 Å². The van der Waals surface area contributed by atoms with Crippen molar-refractivity contribution in [3.05, 3.63) is 57.9 Å². The predicted molar refractivity (Wildman–Crippen MR) is 90.4 cm³/mol. The Balaban J connectivity index is 1.72. The molecule has 0 unspecified atom stereocenters. The summed E-state index contributed by atoms with van der Waals surface area (Å²) in [6.07, 6.45) is 3.14. The Hall–Kier alpha value is -2.38. The summed E-state index contributed by atoms with van der Waals surface area (Å²) in [5, 5.41) is 12.3. The number of rotatable bonds is 5. The van der Waals surface area contributed by atoms with E-state index in [-0.39, 0.29) is 17.4 Å². The van der Waals surface area contributed by atoms with Crippen LogP contribution in [0.4, 0.5) is 0 Å². The van der Waals surface area contributed by atoms with Gasteiger partial charge in [-0.05, 0) is 36.4 Å². The fourth-order valence-corrected chi connectivity index (χ4v) is 4.21. The quantitative estimate of drug-likeness (QED) is 0.830. The first-order chi connectivity index (χ1) is 12.2. The molecule has 2 aromatic rings. The second kappa shape index (κ2) is 6.50. The molecule has 130 valence electrons. The van der Waals surface area contributed by atoms with E-state index in [2.05, 4.69) is 0 Å². The van der Waals surface area contributed by atoms with Crippen molar-refractivity contribution in [2.45, 2.75) is 25.0 Å². The molecule has 1 N–H and O–H groups in total. The monoisotopic (exact) mass is 359 g/mol. The van der Waals surface area contributed by atoms with E-state index in [1.807, 2.05) is 17.5 Å².